The number of rotatable bonds is 5. The van der Waals surface area contributed by atoms with Gasteiger partial charge in [0.15, 0.2) is 0 Å². The Morgan fingerprint density at radius 2 is 1.95 bits per heavy atom. The molecule has 0 amide bonds. The topological polar surface area (TPSA) is 61.9 Å². The molecule has 0 aromatic rings. The average molecular weight is 305 g/mol. The van der Waals surface area contributed by atoms with E-state index in [4.69, 9.17) is 4.74 Å². The molecule has 0 unspecified atom stereocenters. The highest BCUT2D eigenvalue weighted by atomic mass is 32.2. The van der Waals surface area contributed by atoms with Crippen LogP contribution in [0, 0.1) is 5.92 Å². The van der Waals surface area contributed by atoms with Gasteiger partial charge in [-0.05, 0) is 25.3 Å². The van der Waals surface area contributed by atoms with E-state index in [0.717, 1.165) is 32.5 Å². The van der Waals surface area contributed by atoms with Gasteiger partial charge in [-0.3, -0.25) is 0 Å². The van der Waals surface area contributed by atoms with E-state index in [0.29, 0.717) is 19.1 Å². The van der Waals surface area contributed by atoms with Gasteiger partial charge in [-0.2, -0.15) is 17.4 Å². The Hall–Kier alpha value is -0.210. The summed E-state index contributed by atoms with van der Waals surface area (Å²) in [5.41, 5.74) is 0. The van der Waals surface area contributed by atoms with Gasteiger partial charge in [0.25, 0.3) is 10.2 Å². The van der Waals surface area contributed by atoms with Crippen LogP contribution in [-0.2, 0) is 14.9 Å². The van der Waals surface area contributed by atoms with Crippen LogP contribution in [0.25, 0.3) is 0 Å². The Balaban J connectivity index is 1.96. The molecule has 7 heteroatoms. The summed E-state index contributed by atoms with van der Waals surface area (Å²) in [7, 11) is -1.73. The molecule has 2 fully saturated rings. The molecule has 0 aromatic carbocycles. The second kappa shape index (κ2) is 6.70. The molecule has 2 saturated heterocycles. The van der Waals surface area contributed by atoms with Gasteiger partial charge in [0.1, 0.15) is 0 Å². The highest BCUT2D eigenvalue weighted by Crippen LogP contribution is 2.20. The third-order valence-electron chi connectivity index (χ3n) is 4.52. The molecule has 2 atom stereocenters. The Morgan fingerprint density at radius 3 is 2.50 bits per heavy atom. The number of hydrogen-bond acceptors (Lipinski definition) is 4. The fraction of sp³-hybridized carbons (Fsp3) is 1.00. The molecule has 0 aliphatic carbocycles. The van der Waals surface area contributed by atoms with E-state index in [1.165, 1.54) is 4.31 Å². The van der Waals surface area contributed by atoms with Crippen LogP contribution in [0.3, 0.4) is 0 Å². The zero-order valence-electron chi connectivity index (χ0n) is 12.7. The zero-order valence-corrected chi connectivity index (χ0v) is 13.5. The van der Waals surface area contributed by atoms with Crippen LogP contribution in [0.5, 0.6) is 0 Å². The third kappa shape index (κ3) is 3.71. The maximum atomic E-state index is 12.5. The predicted molar refractivity (Wildman–Crippen MR) is 78.7 cm³/mol. The SMILES string of the molecule is CCN1C[C@@H](C)[C@@H](NS(=O)(=O)N(C)C2CCOCC2)C1. The number of likely N-dealkylation sites (tertiary alicyclic amines) is 1. The maximum absolute atomic E-state index is 12.5. The number of hydrogen-bond donors (Lipinski definition) is 1. The molecule has 0 bridgehead atoms. The summed E-state index contributed by atoms with van der Waals surface area (Å²) in [5, 5.41) is 0. The normalized spacial score (nSPS) is 30.2. The first kappa shape index (κ1) is 16.2. The molecular weight excluding hydrogens is 278 g/mol. The summed E-state index contributed by atoms with van der Waals surface area (Å²) in [6, 6.07) is 0.0717. The van der Waals surface area contributed by atoms with Gasteiger partial charge in [0.2, 0.25) is 0 Å². The quantitative estimate of drug-likeness (QED) is 0.792. The van der Waals surface area contributed by atoms with Gasteiger partial charge in [0.05, 0.1) is 0 Å². The summed E-state index contributed by atoms with van der Waals surface area (Å²) in [5.74, 6) is 0.354. The Morgan fingerprint density at radius 1 is 1.30 bits per heavy atom. The van der Waals surface area contributed by atoms with Crippen molar-refractivity contribution in [1.82, 2.24) is 13.9 Å². The fourth-order valence-electron chi connectivity index (χ4n) is 3.00. The standard InChI is InChI=1S/C13H27N3O3S/c1-4-16-9-11(2)13(10-16)14-20(17,18)15(3)12-5-7-19-8-6-12/h11-14H,4-10H2,1-3H3/t11-,13+/m1/s1. The minimum Gasteiger partial charge on any atom is -0.381 e. The van der Waals surface area contributed by atoms with Crippen molar-refractivity contribution in [2.24, 2.45) is 5.92 Å². The molecule has 2 heterocycles. The molecule has 6 nitrogen and oxygen atoms in total. The van der Waals surface area contributed by atoms with Crippen LogP contribution in [0.2, 0.25) is 0 Å². The molecule has 0 aromatic heterocycles. The Kier molecular flexibility index (Phi) is 5.42. The van der Waals surface area contributed by atoms with Crippen molar-refractivity contribution in [3.8, 4) is 0 Å². The largest absolute Gasteiger partial charge is 0.381 e. The minimum atomic E-state index is -3.41. The summed E-state index contributed by atoms with van der Waals surface area (Å²) < 4.78 is 34.6. The maximum Gasteiger partial charge on any atom is 0.279 e. The van der Waals surface area contributed by atoms with E-state index in [9.17, 15) is 8.42 Å². The first-order valence-electron chi connectivity index (χ1n) is 7.49. The number of ether oxygens (including phenoxy) is 1. The number of nitrogens with zero attached hydrogens (tertiary/aromatic N) is 2. The van der Waals surface area contributed by atoms with Crippen molar-refractivity contribution in [1.29, 1.82) is 0 Å². The molecule has 2 aliphatic heterocycles. The van der Waals surface area contributed by atoms with Crippen LogP contribution in [0.15, 0.2) is 0 Å². The fourth-order valence-corrected chi connectivity index (χ4v) is 4.46. The van der Waals surface area contributed by atoms with Gasteiger partial charge in [0, 0.05) is 45.4 Å². The minimum absolute atomic E-state index is 0.0160. The smallest absolute Gasteiger partial charge is 0.279 e. The van der Waals surface area contributed by atoms with Gasteiger partial charge in [-0.15, -0.1) is 0 Å². The van der Waals surface area contributed by atoms with Crippen molar-refractivity contribution >= 4 is 10.2 Å². The van der Waals surface area contributed by atoms with Gasteiger partial charge < -0.3 is 9.64 Å². The molecule has 118 valence electrons. The third-order valence-corrected chi connectivity index (χ3v) is 6.18. The van der Waals surface area contributed by atoms with E-state index in [1.807, 2.05) is 0 Å². The van der Waals surface area contributed by atoms with Crippen molar-refractivity contribution in [3.05, 3.63) is 0 Å². The summed E-state index contributed by atoms with van der Waals surface area (Å²) in [6.07, 6.45) is 1.55. The van der Waals surface area contributed by atoms with Crippen LogP contribution >= 0.6 is 0 Å². The molecular formula is C13H27N3O3S. The van der Waals surface area contributed by atoms with Crippen molar-refractivity contribution in [2.75, 3.05) is 39.9 Å². The van der Waals surface area contributed by atoms with E-state index in [-0.39, 0.29) is 12.1 Å². The lowest BCUT2D eigenvalue weighted by Crippen LogP contribution is -2.50. The lowest BCUT2D eigenvalue weighted by atomic mass is 10.1. The molecule has 2 rings (SSSR count). The molecule has 0 saturated carbocycles. The second-order valence-electron chi connectivity index (χ2n) is 5.92. The highest BCUT2D eigenvalue weighted by Gasteiger charge is 2.35. The molecule has 2 aliphatic rings. The lowest BCUT2D eigenvalue weighted by Gasteiger charge is -2.31. The molecule has 0 radical (unpaired) electrons. The molecule has 20 heavy (non-hydrogen) atoms. The van der Waals surface area contributed by atoms with Gasteiger partial charge in [-0.25, -0.2) is 0 Å². The van der Waals surface area contributed by atoms with E-state index >= 15 is 0 Å². The molecule has 1 N–H and O–H groups in total. The van der Waals surface area contributed by atoms with Crippen molar-refractivity contribution in [3.63, 3.8) is 0 Å². The van der Waals surface area contributed by atoms with Crippen LogP contribution in [0.1, 0.15) is 26.7 Å². The summed E-state index contributed by atoms with van der Waals surface area (Å²) in [4.78, 5) is 2.28. The predicted octanol–water partition coefficient (Wildman–Crippen LogP) is 0.272. The summed E-state index contributed by atoms with van der Waals surface area (Å²) >= 11 is 0. The number of likely N-dealkylation sites (N-methyl/N-ethyl adjacent to an activating group) is 1. The van der Waals surface area contributed by atoms with E-state index in [1.54, 1.807) is 7.05 Å². The first-order chi connectivity index (χ1) is 9.44. The number of nitrogens with one attached hydrogen (secondary N) is 1. The summed E-state index contributed by atoms with van der Waals surface area (Å²) in [6.45, 7) is 8.25. The lowest BCUT2D eigenvalue weighted by molar-refractivity contribution is 0.0628. The Labute approximate surface area is 122 Å². The Bertz CT molecular complexity index is 409. The van der Waals surface area contributed by atoms with Crippen molar-refractivity contribution in [2.45, 2.75) is 38.8 Å². The van der Waals surface area contributed by atoms with Gasteiger partial charge in [-0.1, -0.05) is 13.8 Å². The van der Waals surface area contributed by atoms with E-state index < -0.39 is 10.2 Å². The van der Waals surface area contributed by atoms with Crippen LogP contribution in [0.4, 0.5) is 0 Å². The van der Waals surface area contributed by atoms with E-state index in [2.05, 4.69) is 23.5 Å². The van der Waals surface area contributed by atoms with Crippen molar-refractivity contribution < 1.29 is 13.2 Å². The highest BCUT2D eigenvalue weighted by molar-refractivity contribution is 7.87. The van der Waals surface area contributed by atoms with Gasteiger partial charge >= 0.3 is 0 Å². The van der Waals surface area contributed by atoms with Crippen LogP contribution < -0.4 is 4.72 Å². The zero-order chi connectivity index (χ0) is 14.8. The van der Waals surface area contributed by atoms with Crippen LogP contribution in [-0.4, -0.2) is 69.6 Å². The average Bonchev–Trinajstić information content (AvgIpc) is 2.79. The molecule has 0 spiro atoms. The first-order valence-corrected chi connectivity index (χ1v) is 8.93. The monoisotopic (exact) mass is 305 g/mol. The second-order valence-corrected chi connectivity index (χ2v) is 7.68.